The molecule has 0 aliphatic carbocycles. The van der Waals surface area contributed by atoms with E-state index in [0.717, 1.165) is 0 Å². The Morgan fingerprint density at radius 1 is 1.27 bits per heavy atom. The molecule has 0 saturated heterocycles. The molecule has 7 nitrogen and oxygen atoms in total. The molecule has 2 aromatic rings. The van der Waals surface area contributed by atoms with E-state index < -0.39 is 5.97 Å². The number of amides is 1. The van der Waals surface area contributed by atoms with Crippen LogP contribution in [0.1, 0.15) is 51.7 Å². The van der Waals surface area contributed by atoms with E-state index in [-0.39, 0.29) is 36.4 Å². The molecule has 0 radical (unpaired) electrons. The molecule has 2 aromatic heterocycles. The summed E-state index contributed by atoms with van der Waals surface area (Å²) < 4.78 is 10.0. The second-order valence-electron chi connectivity index (χ2n) is 6.47. The van der Waals surface area contributed by atoms with Gasteiger partial charge < -0.3 is 19.0 Å². The lowest BCUT2D eigenvalue weighted by atomic mass is 10.0. The van der Waals surface area contributed by atoms with Crippen molar-refractivity contribution in [2.45, 2.75) is 34.2 Å². The summed E-state index contributed by atoms with van der Waals surface area (Å²) in [6.07, 6.45) is 1.53. The van der Waals surface area contributed by atoms with E-state index in [1.807, 2.05) is 0 Å². The highest BCUT2D eigenvalue weighted by molar-refractivity contribution is 6.04. The van der Waals surface area contributed by atoms with Gasteiger partial charge in [-0.2, -0.15) is 0 Å². The second-order valence-corrected chi connectivity index (χ2v) is 6.47. The topological polar surface area (TPSA) is 92.6 Å². The summed E-state index contributed by atoms with van der Waals surface area (Å²) in [5, 5.41) is 0. The molecule has 2 rings (SSSR count). The molecule has 1 amide bonds. The quantitative estimate of drug-likeness (QED) is 0.605. The maximum Gasteiger partial charge on any atom is 0.354 e. The number of Topliss-reactive ketones (excluding diaryl/α,β-unsaturated/α-hetero) is 1. The summed E-state index contributed by atoms with van der Waals surface area (Å²) in [5.74, 6) is -0.572. The Labute approximate surface area is 152 Å². The first-order valence-corrected chi connectivity index (χ1v) is 8.38. The predicted molar refractivity (Wildman–Crippen MR) is 94.9 cm³/mol. The van der Waals surface area contributed by atoms with Gasteiger partial charge in [-0.15, -0.1) is 0 Å². The van der Waals surface area contributed by atoms with Crippen LogP contribution in [0.4, 0.5) is 0 Å². The fraction of sp³-hybridized carbons (Fsp3) is 0.421. The summed E-state index contributed by atoms with van der Waals surface area (Å²) in [7, 11) is 1.28. The van der Waals surface area contributed by atoms with Gasteiger partial charge in [0.2, 0.25) is 5.91 Å². The Bertz CT molecular complexity index is 802. The number of hydrogen-bond donors (Lipinski definition) is 1. The second kappa shape index (κ2) is 8.03. The van der Waals surface area contributed by atoms with Gasteiger partial charge in [0.05, 0.1) is 26.5 Å². The van der Waals surface area contributed by atoms with Crippen molar-refractivity contribution in [1.82, 2.24) is 9.88 Å². The normalized spacial score (nSPS) is 10.8. The fourth-order valence-electron chi connectivity index (χ4n) is 2.89. The number of rotatable bonds is 7. The Hall–Kier alpha value is -2.83. The van der Waals surface area contributed by atoms with Crippen molar-refractivity contribution in [3.05, 3.63) is 46.7 Å². The number of furan rings is 1. The number of ketones is 1. The number of aromatic nitrogens is 1. The number of aryl methyl sites for hydroxylation is 1. The highest BCUT2D eigenvalue weighted by atomic mass is 16.5. The molecule has 0 aliphatic heterocycles. The minimum atomic E-state index is -0.532. The number of carbonyl (C=O) groups excluding carboxylic acids is 3. The summed E-state index contributed by atoms with van der Waals surface area (Å²) in [5.41, 5.74) is 1.75. The first-order chi connectivity index (χ1) is 12.3. The lowest BCUT2D eigenvalue weighted by Gasteiger charge is -2.23. The van der Waals surface area contributed by atoms with Gasteiger partial charge in [0.25, 0.3) is 0 Å². The molecule has 1 N–H and O–H groups in total. The first-order valence-electron chi connectivity index (χ1n) is 8.38. The largest absolute Gasteiger partial charge is 0.467 e. The number of aromatic amines is 1. The maximum absolute atomic E-state index is 12.9. The smallest absolute Gasteiger partial charge is 0.354 e. The van der Waals surface area contributed by atoms with Crippen molar-refractivity contribution < 1.29 is 23.5 Å². The molecule has 140 valence electrons. The minimum absolute atomic E-state index is 0.0993. The van der Waals surface area contributed by atoms with Crippen molar-refractivity contribution in [3.8, 4) is 0 Å². The average molecular weight is 360 g/mol. The first kappa shape index (κ1) is 19.5. The zero-order valence-electron chi connectivity index (χ0n) is 15.7. The van der Waals surface area contributed by atoms with Crippen LogP contribution < -0.4 is 0 Å². The van der Waals surface area contributed by atoms with Crippen LogP contribution in [0.25, 0.3) is 0 Å². The average Bonchev–Trinajstić information content (AvgIpc) is 3.20. The van der Waals surface area contributed by atoms with Gasteiger partial charge in [-0.25, -0.2) is 4.79 Å². The number of hydrogen-bond acceptors (Lipinski definition) is 5. The van der Waals surface area contributed by atoms with E-state index in [9.17, 15) is 14.4 Å². The van der Waals surface area contributed by atoms with Gasteiger partial charge in [0.15, 0.2) is 5.78 Å². The molecule has 0 aromatic carbocycles. The van der Waals surface area contributed by atoms with Gasteiger partial charge in [-0.05, 0) is 31.5 Å². The molecular formula is C19H24N2O5. The van der Waals surface area contributed by atoms with E-state index in [4.69, 9.17) is 9.15 Å². The van der Waals surface area contributed by atoms with Gasteiger partial charge in [-0.1, -0.05) is 13.8 Å². The highest BCUT2D eigenvalue weighted by Gasteiger charge is 2.26. The van der Waals surface area contributed by atoms with Gasteiger partial charge >= 0.3 is 5.97 Å². The standard InChI is InChI=1S/C19H24N2O5/c1-11(2)18(23)21(9-14-7-6-8-26-14)10-15(22)16-12(3)17(19(24)25-5)20-13(16)4/h6-8,11,20H,9-10H2,1-5H3. The van der Waals surface area contributed by atoms with E-state index in [1.54, 1.807) is 39.8 Å². The molecule has 0 spiro atoms. The van der Waals surface area contributed by atoms with E-state index in [1.165, 1.54) is 18.3 Å². The van der Waals surface area contributed by atoms with Crippen molar-refractivity contribution in [1.29, 1.82) is 0 Å². The lowest BCUT2D eigenvalue weighted by molar-refractivity contribution is -0.134. The summed E-state index contributed by atoms with van der Waals surface area (Å²) in [4.78, 5) is 41.6. The van der Waals surface area contributed by atoms with Crippen LogP contribution in [0.3, 0.4) is 0 Å². The van der Waals surface area contributed by atoms with Crippen LogP contribution in [0.2, 0.25) is 0 Å². The van der Waals surface area contributed by atoms with Gasteiger partial charge in [0.1, 0.15) is 11.5 Å². The number of esters is 1. The minimum Gasteiger partial charge on any atom is -0.467 e. The zero-order chi connectivity index (χ0) is 19.4. The molecule has 2 heterocycles. The Kier molecular flexibility index (Phi) is 6.02. The third kappa shape index (κ3) is 4.04. The molecule has 7 heteroatoms. The Morgan fingerprint density at radius 2 is 1.96 bits per heavy atom. The van der Waals surface area contributed by atoms with Crippen LogP contribution in [-0.2, 0) is 16.1 Å². The summed E-state index contributed by atoms with van der Waals surface area (Å²) in [6, 6.07) is 3.49. The van der Waals surface area contributed by atoms with Crippen LogP contribution in [0.15, 0.2) is 22.8 Å². The third-order valence-electron chi connectivity index (χ3n) is 4.17. The number of carbonyl (C=O) groups is 3. The zero-order valence-corrected chi connectivity index (χ0v) is 15.7. The molecule has 0 atom stereocenters. The molecule has 0 aliphatic rings. The van der Waals surface area contributed by atoms with E-state index in [0.29, 0.717) is 22.6 Å². The SMILES string of the molecule is COC(=O)c1[nH]c(C)c(C(=O)CN(Cc2ccco2)C(=O)C(C)C)c1C. The molecule has 0 bridgehead atoms. The van der Waals surface area contributed by atoms with Crippen LogP contribution in [-0.4, -0.2) is 41.2 Å². The van der Waals surface area contributed by atoms with Crippen molar-refractivity contribution in [3.63, 3.8) is 0 Å². The number of ether oxygens (including phenoxy) is 1. The lowest BCUT2D eigenvalue weighted by Crippen LogP contribution is -2.38. The number of H-pyrrole nitrogens is 1. The monoisotopic (exact) mass is 360 g/mol. The van der Waals surface area contributed by atoms with E-state index >= 15 is 0 Å². The number of nitrogens with zero attached hydrogens (tertiary/aromatic N) is 1. The predicted octanol–water partition coefficient (Wildman–Crippen LogP) is 2.88. The molecule has 0 fully saturated rings. The van der Waals surface area contributed by atoms with Crippen LogP contribution >= 0.6 is 0 Å². The molecule has 0 unspecified atom stereocenters. The van der Waals surface area contributed by atoms with Crippen LogP contribution in [0.5, 0.6) is 0 Å². The molecule has 0 saturated carbocycles. The van der Waals surface area contributed by atoms with Crippen molar-refractivity contribution >= 4 is 17.7 Å². The van der Waals surface area contributed by atoms with Gasteiger partial charge in [0, 0.05) is 17.2 Å². The maximum atomic E-state index is 12.9. The summed E-state index contributed by atoms with van der Waals surface area (Å²) in [6.45, 7) is 7.08. The number of nitrogens with one attached hydrogen (secondary N) is 1. The Morgan fingerprint density at radius 3 is 2.50 bits per heavy atom. The highest BCUT2D eigenvalue weighted by Crippen LogP contribution is 2.20. The molecular weight excluding hydrogens is 336 g/mol. The van der Waals surface area contributed by atoms with Gasteiger partial charge in [-0.3, -0.25) is 9.59 Å². The fourth-order valence-corrected chi connectivity index (χ4v) is 2.89. The van der Waals surface area contributed by atoms with E-state index in [2.05, 4.69) is 4.98 Å². The Balaban J connectivity index is 2.28. The van der Waals surface area contributed by atoms with Crippen molar-refractivity contribution in [2.24, 2.45) is 5.92 Å². The van der Waals surface area contributed by atoms with Crippen LogP contribution in [0, 0.1) is 19.8 Å². The molecule has 26 heavy (non-hydrogen) atoms. The summed E-state index contributed by atoms with van der Waals surface area (Å²) >= 11 is 0. The number of methoxy groups -OCH3 is 1. The third-order valence-corrected chi connectivity index (χ3v) is 4.17. The van der Waals surface area contributed by atoms with Crippen molar-refractivity contribution in [2.75, 3.05) is 13.7 Å².